The Morgan fingerprint density at radius 3 is 1.51 bits per heavy atom. The van der Waals surface area contributed by atoms with Crippen molar-refractivity contribution in [1.82, 2.24) is 19.6 Å². The summed E-state index contributed by atoms with van der Waals surface area (Å²) in [5, 5.41) is 77.3. The van der Waals surface area contributed by atoms with Crippen LogP contribution in [0.3, 0.4) is 0 Å². The Morgan fingerprint density at radius 2 is 1.15 bits per heavy atom. The van der Waals surface area contributed by atoms with E-state index >= 15 is 0 Å². The van der Waals surface area contributed by atoms with Crippen molar-refractivity contribution in [2.45, 2.75) is 59.6 Å². The average Bonchev–Trinajstić information content (AvgIpc) is 3.79. The predicted molar refractivity (Wildman–Crippen MR) is 152 cm³/mol. The summed E-state index contributed by atoms with van der Waals surface area (Å²) < 4.78 is 14.7. The van der Waals surface area contributed by atoms with Crippen LogP contribution in [0.1, 0.15) is 12.1 Å². The van der Waals surface area contributed by atoms with Gasteiger partial charge >= 0.3 is 0 Å². The molecule has 0 radical (unpaired) electrons. The summed E-state index contributed by atoms with van der Waals surface area (Å²) in [5.74, 6) is 0. The summed E-state index contributed by atoms with van der Waals surface area (Å²) in [6, 6.07) is 5.76. The topological polar surface area (TPSA) is 175 Å². The smallest absolute Gasteiger partial charge is 0.134 e. The molecule has 0 saturated carbocycles. The number of hydrogen-bond acceptors (Lipinski definition) is 13. The van der Waals surface area contributed by atoms with E-state index in [1.54, 1.807) is 24.8 Å². The van der Waals surface area contributed by atoms with E-state index in [1.165, 1.54) is 32.0 Å². The minimum Gasteiger partial charge on any atom is -0.394 e. The van der Waals surface area contributed by atoms with Crippen LogP contribution in [0, 0.1) is 0 Å². The van der Waals surface area contributed by atoms with Gasteiger partial charge in [0.05, 0.1) is 25.6 Å². The van der Waals surface area contributed by atoms with Gasteiger partial charge in [-0.1, -0.05) is 23.9 Å². The summed E-state index contributed by atoms with van der Waals surface area (Å²) in [4.78, 5) is 1.94. The summed E-state index contributed by atoms with van der Waals surface area (Å²) in [6.45, 7) is -1.04. The van der Waals surface area contributed by atoms with E-state index in [1.807, 2.05) is 35.0 Å². The largest absolute Gasteiger partial charge is 0.394 e. The lowest BCUT2D eigenvalue weighted by atomic mass is 9.97. The Kier molecular flexibility index (Phi) is 8.63. The van der Waals surface area contributed by atoms with E-state index in [0.29, 0.717) is 0 Å². The highest BCUT2D eigenvalue weighted by Gasteiger charge is 2.51. The number of aliphatic hydroxyl groups is 6. The number of thioether (sulfide) groups is 1. The van der Waals surface area contributed by atoms with E-state index in [4.69, 9.17) is 9.47 Å². The van der Waals surface area contributed by atoms with Crippen LogP contribution in [0.15, 0.2) is 59.8 Å². The van der Waals surface area contributed by atoms with Gasteiger partial charge in [-0.05, 0) is 22.9 Å². The molecular formula is C26H30N4O8S3. The quantitative estimate of drug-likeness (QED) is 0.165. The molecular weight excluding hydrogens is 593 g/mol. The van der Waals surface area contributed by atoms with Crippen molar-refractivity contribution in [2.24, 2.45) is 0 Å². The fourth-order valence-electron chi connectivity index (χ4n) is 5.26. The van der Waals surface area contributed by atoms with Gasteiger partial charge in [-0.3, -0.25) is 9.36 Å². The molecule has 4 aromatic rings. The van der Waals surface area contributed by atoms with Gasteiger partial charge < -0.3 is 40.1 Å². The molecule has 6 N–H and O–H groups in total. The van der Waals surface area contributed by atoms with Gasteiger partial charge in [0.1, 0.15) is 59.6 Å². The van der Waals surface area contributed by atoms with Gasteiger partial charge in [-0.15, -0.1) is 22.7 Å². The predicted octanol–water partition coefficient (Wildman–Crippen LogP) is 0.930. The molecule has 0 aliphatic carbocycles. The highest BCUT2D eigenvalue weighted by atomic mass is 32.2. The van der Waals surface area contributed by atoms with Crippen LogP contribution in [-0.4, -0.2) is 111 Å². The third-order valence-corrected chi connectivity index (χ3v) is 10.5. The number of hydrogen-bond donors (Lipinski definition) is 6. The van der Waals surface area contributed by atoms with Gasteiger partial charge in [-0.25, -0.2) is 0 Å². The van der Waals surface area contributed by atoms with Gasteiger partial charge in [0, 0.05) is 33.3 Å². The van der Waals surface area contributed by atoms with Crippen LogP contribution in [0.2, 0.25) is 0 Å². The number of thiophene rings is 2. The molecule has 12 nitrogen and oxygen atoms in total. The fraction of sp³-hybridized carbons (Fsp3) is 0.462. The molecule has 41 heavy (non-hydrogen) atoms. The molecule has 15 heteroatoms. The minimum absolute atomic E-state index is 0.520. The van der Waals surface area contributed by atoms with Crippen molar-refractivity contribution < 1.29 is 40.1 Å². The van der Waals surface area contributed by atoms with Gasteiger partial charge in [0.2, 0.25) is 0 Å². The zero-order valence-corrected chi connectivity index (χ0v) is 23.9. The molecule has 2 aliphatic rings. The van der Waals surface area contributed by atoms with E-state index in [-0.39, 0.29) is 0 Å². The highest BCUT2D eigenvalue weighted by molar-refractivity contribution is 8.00. The Labute approximate surface area is 247 Å². The summed E-state index contributed by atoms with van der Waals surface area (Å²) >= 11 is 4.00. The highest BCUT2D eigenvalue weighted by Crippen LogP contribution is 2.42. The first kappa shape index (κ1) is 28.9. The third kappa shape index (κ3) is 5.52. The lowest BCUT2D eigenvalue weighted by Crippen LogP contribution is -2.58. The molecule has 2 saturated heterocycles. The first-order chi connectivity index (χ1) is 19.9. The molecule has 220 valence electrons. The second-order valence-electron chi connectivity index (χ2n) is 9.90. The SMILES string of the molecule is OCC1O[C@@H](S[C@@H]2OC(CO)[C@H](O)C(n3cc(-c4cccs4)cn3)C2O)C(O)C(n2cc(-c3cccs3)cn2)[C@H]1O. The second kappa shape index (κ2) is 12.2. The lowest BCUT2D eigenvalue weighted by Gasteiger charge is -2.46. The normalized spacial score (nSPS) is 34.2. The molecule has 0 spiro atoms. The molecule has 6 unspecified atom stereocenters. The molecule has 2 fully saturated rings. The minimum atomic E-state index is -1.32. The molecule has 6 heterocycles. The van der Waals surface area contributed by atoms with Gasteiger partial charge in [-0.2, -0.15) is 10.2 Å². The lowest BCUT2D eigenvalue weighted by molar-refractivity contribution is -0.188. The first-order valence-electron chi connectivity index (χ1n) is 13.0. The zero-order valence-electron chi connectivity index (χ0n) is 21.5. The van der Waals surface area contributed by atoms with Crippen LogP contribution >= 0.6 is 34.4 Å². The van der Waals surface area contributed by atoms with E-state index in [0.717, 1.165) is 32.6 Å². The Hall–Kier alpha value is -2.15. The molecule has 0 bridgehead atoms. The van der Waals surface area contributed by atoms with E-state index < -0.39 is 72.8 Å². The van der Waals surface area contributed by atoms with Crippen LogP contribution in [0.25, 0.3) is 20.9 Å². The maximum atomic E-state index is 11.4. The third-order valence-electron chi connectivity index (χ3n) is 7.39. The molecule has 6 rings (SSSR count). The number of ether oxygens (including phenoxy) is 2. The zero-order chi connectivity index (χ0) is 28.7. The van der Waals surface area contributed by atoms with Crippen LogP contribution < -0.4 is 0 Å². The maximum Gasteiger partial charge on any atom is 0.134 e. The maximum absolute atomic E-state index is 11.4. The van der Waals surface area contributed by atoms with Crippen molar-refractivity contribution in [2.75, 3.05) is 13.2 Å². The average molecular weight is 623 g/mol. The fourth-order valence-corrected chi connectivity index (χ4v) is 7.99. The molecule has 10 atom stereocenters. The standard InChI is InChI=1S/C26H30N4O8S3/c31-11-15-21(33)19(29-9-13(7-27-29)17-3-1-5-39-17)23(35)25(37-15)41-26-24(36)20(22(34)16(12-32)38-26)30-10-14(8-28-30)18-4-2-6-40-18/h1-10,15-16,19-26,31-36H,11-12H2/t15?,16?,19?,20?,21-,22-,23?,24?,25-,26-/m0/s1. The monoisotopic (exact) mass is 622 g/mol. The van der Waals surface area contributed by atoms with Crippen molar-refractivity contribution in [3.05, 3.63) is 59.8 Å². The number of aliphatic hydroxyl groups excluding tert-OH is 6. The first-order valence-corrected chi connectivity index (χ1v) is 15.7. The number of nitrogens with zero attached hydrogens (tertiary/aromatic N) is 4. The van der Waals surface area contributed by atoms with Gasteiger partial charge in [0.25, 0.3) is 0 Å². The van der Waals surface area contributed by atoms with Crippen LogP contribution in [0.4, 0.5) is 0 Å². The molecule has 0 aromatic carbocycles. The van der Waals surface area contributed by atoms with E-state index in [2.05, 4.69) is 10.2 Å². The van der Waals surface area contributed by atoms with E-state index in [9.17, 15) is 30.6 Å². The summed E-state index contributed by atoms with van der Waals surface area (Å²) in [6.07, 6.45) is -0.597. The number of rotatable bonds is 8. The Morgan fingerprint density at radius 1 is 0.707 bits per heavy atom. The molecule has 0 amide bonds. The second-order valence-corrected chi connectivity index (χ2v) is 13.0. The molecule has 4 aromatic heterocycles. The van der Waals surface area contributed by atoms with Gasteiger partial charge in [0.15, 0.2) is 0 Å². The summed E-state index contributed by atoms with van der Waals surface area (Å²) in [7, 11) is 0. The van der Waals surface area contributed by atoms with Crippen molar-refractivity contribution >= 4 is 34.4 Å². The summed E-state index contributed by atoms with van der Waals surface area (Å²) in [5.41, 5.74) is -0.510. The van der Waals surface area contributed by atoms with Crippen molar-refractivity contribution in [3.8, 4) is 20.9 Å². The van der Waals surface area contributed by atoms with Crippen LogP contribution in [-0.2, 0) is 9.47 Å². The Balaban J connectivity index is 1.25. The van der Waals surface area contributed by atoms with Crippen molar-refractivity contribution in [1.29, 1.82) is 0 Å². The number of aromatic nitrogens is 4. The van der Waals surface area contributed by atoms with Crippen molar-refractivity contribution in [3.63, 3.8) is 0 Å². The molecule has 2 aliphatic heterocycles. The Bertz CT molecular complexity index is 1290. The van der Waals surface area contributed by atoms with Crippen LogP contribution in [0.5, 0.6) is 0 Å².